The molecule has 0 spiro atoms. The minimum atomic E-state index is -0.323. The maximum Gasteiger partial charge on any atom is 0.320 e. The van der Waals surface area contributed by atoms with Crippen LogP contribution in [-0.2, 0) is 6.54 Å². The van der Waals surface area contributed by atoms with Crippen LogP contribution in [0, 0.1) is 0 Å². The van der Waals surface area contributed by atoms with Crippen molar-refractivity contribution in [1.29, 1.82) is 0 Å². The summed E-state index contributed by atoms with van der Waals surface area (Å²) in [6.45, 7) is 2.67. The number of aromatic nitrogens is 2. The summed E-state index contributed by atoms with van der Waals surface area (Å²) < 4.78 is 15.9. The molecule has 2 amide bonds. The third kappa shape index (κ3) is 5.61. The van der Waals surface area contributed by atoms with Crippen LogP contribution in [-0.4, -0.2) is 61.4 Å². The van der Waals surface area contributed by atoms with Gasteiger partial charge in [-0.25, -0.2) is 14.8 Å². The lowest BCUT2D eigenvalue weighted by molar-refractivity contribution is 0.189. The highest BCUT2D eigenvalue weighted by atomic mass is 16.5. The number of carbonyl (C=O) groups excluding carboxylic acids is 1. The molecule has 0 unspecified atom stereocenters. The summed E-state index contributed by atoms with van der Waals surface area (Å²) in [6.07, 6.45) is 1.74. The van der Waals surface area contributed by atoms with Gasteiger partial charge in [-0.15, -0.1) is 0 Å². The number of methoxy groups -OCH3 is 3. The summed E-state index contributed by atoms with van der Waals surface area (Å²) >= 11 is 0. The number of ether oxygens (including phenoxy) is 3. The predicted octanol–water partition coefficient (Wildman–Crippen LogP) is 3.44. The lowest BCUT2D eigenvalue weighted by Gasteiger charge is -2.32. The summed E-state index contributed by atoms with van der Waals surface area (Å²) in [4.78, 5) is 24.0. The van der Waals surface area contributed by atoms with Gasteiger partial charge in [0, 0.05) is 31.7 Å². The minimum absolute atomic E-state index is 0.0889. The molecule has 1 saturated heterocycles. The van der Waals surface area contributed by atoms with E-state index in [1.807, 2.05) is 12.1 Å². The molecule has 9 heteroatoms. The van der Waals surface area contributed by atoms with Crippen LogP contribution >= 0.6 is 0 Å². The van der Waals surface area contributed by atoms with Crippen LogP contribution in [0.4, 0.5) is 10.6 Å². The topological polar surface area (TPSA) is 97.8 Å². The number of fused-ring (bicyclic) bond motifs is 1. The van der Waals surface area contributed by atoms with Gasteiger partial charge in [-0.3, -0.25) is 10.2 Å². The molecule has 1 aliphatic rings. The standard InChI is InChI=1S/C24H29N5O4/c1-31-18-6-4-5-16(13-18)15-29-11-9-17(10-12-29)25-24(30)28-22-23(33-3)27-20-8-7-19(32-2)14-21(20)26-22/h4-8,13-14,17H,9-12,15H2,1-3H3,(H2,25,26,28,30). The largest absolute Gasteiger partial charge is 0.497 e. The van der Waals surface area contributed by atoms with Gasteiger partial charge in [0.1, 0.15) is 11.5 Å². The van der Waals surface area contributed by atoms with Crippen LogP contribution in [0.25, 0.3) is 11.0 Å². The number of urea groups is 1. The summed E-state index contributed by atoms with van der Waals surface area (Å²) in [5.74, 6) is 2.06. The monoisotopic (exact) mass is 451 g/mol. The molecule has 0 bridgehead atoms. The zero-order valence-electron chi connectivity index (χ0n) is 19.1. The molecule has 2 N–H and O–H groups in total. The van der Waals surface area contributed by atoms with E-state index in [2.05, 4.69) is 37.6 Å². The van der Waals surface area contributed by atoms with Crippen molar-refractivity contribution in [2.24, 2.45) is 0 Å². The van der Waals surface area contributed by atoms with E-state index in [0.717, 1.165) is 38.2 Å². The van der Waals surface area contributed by atoms with Crippen molar-refractivity contribution < 1.29 is 19.0 Å². The lowest BCUT2D eigenvalue weighted by Crippen LogP contribution is -2.45. The van der Waals surface area contributed by atoms with Gasteiger partial charge in [-0.05, 0) is 42.7 Å². The second-order valence-electron chi connectivity index (χ2n) is 7.94. The molecule has 0 aliphatic carbocycles. The molecule has 9 nitrogen and oxygen atoms in total. The number of likely N-dealkylation sites (tertiary alicyclic amines) is 1. The quantitative estimate of drug-likeness (QED) is 0.568. The molecular weight excluding hydrogens is 422 g/mol. The molecular formula is C24H29N5O4. The smallest absolute Gasteiger partial charge is 0.320 e. The maximum atomic E-state index is 12.7. The van der Waals surface area contributed by atoms with E-state index in [1.165, 1.54) is 12.7 Å². The molecule has 0 saturated carbocycles. The predicted molar refractivity (Wildman–Crippen MR) is 126 cm³/mol. The molecule has 1 aromatic heterocycles. The average Bonchev–Trinajstić information content (AvgIpc) is 2.84. The fourth-order valence-electron chi connectivity index (χ4n) is 3.96. The van der Waals surface area contributed by atoms with Gasteiger partial charge in [0.25, 0.3) is 5.88 Å². The van der Waals surface area contributed by atoms with Gasteiger partial charge >= 0.3 is 6.03 Å². The fraction of sp³-hybridized carbons (Fsp3) is 0.375. The van der Waals surface area contributed by atoms with E-state index in [4.69, 9.17) is 14.2 Å². The van der Waals surface area contributed by atoms with Crippen LogP contribution in [0.15, 0.2) is 42.5 Å². The maximum absolute atomic E-state index is 12.7. The molecule has 2 aromatic carbocycles. The van der Waals surface area contributed by atoms with E-state index < -0.39 is 0 Å². The van der Waals surface area contributed by atoms with Crippen LogP contribution in [0.5, 0.6) is 17.4 Å². The van der Waals surface area contributed by atoms with Crippen molar-refractivity contribution >= 4 is 22.9 Å². The van der Waals surface area contributed by atoms with E-state index in [9.17, 15) is 4.79 Å². The van der Waals surface area contributed by atoms with Crippen LogP contribution < -0.4 is 24.8 Å². The Hall–Kier alpha value is -3.59. The van der Waals surface area contributed by atoms with Gasteiger partial charge in [0.15, 0.2) is 5.82 Å². The Kier molecular flexibility index (Phi) is 7.09. The Labute approximate surface area is 193 Å². The molecule has 1 aliphatic heterocycles. The van der Waals surface area contributed by atoms with Gasteiger partial charge in [-0.1, -0.05) is 12.1 Å². The third-order valence-corrected chi connectivity index (χ3v) is 5.73. The molecule has 4 rings (SSSR count). The first kappa shape index (κ1) is 22.6. The molecule has 2 heterocycles. The van der Waals surface area contributed by atoms with Crippen molar-refractivity contribution in [3.63, 3.8) is 0 Å². The molecule has 0 radical (unpaired) electrons. The third-order valence-electron chi connectivity index (χ3n) is 5.73. The Morgan fingerprint density at radius 1 is 0.970 bits per heavy atom. The number of benzene rings is 2. The van der Waals surface area contributed by atoms with Crippen molar-refractivity contribution in [3.8, 4) is 17.4 Å². The highest BCUT2D eigenvalue weighted by Crippen LogP contribution is 2.26. The van der Waals surface area contributed by atoms with Crippen LogP contribution in [0.1, 0.15) is 18.4 Å². The molecule has 0 atom stereocenters. The van der Waals surface area contributed by atoms with Gasteiger partial charge in [-0.2, -0.15) is 0 Å². The van der Waals surface area contributed by atoms with Crippen LogP contribution in [0.2, 0.25) is 0 Å². The van der Waals surface area contributed by atoms with Crippen molar-refractivity contribution in [2.75, 3.05) is 39.7 Å². The van der Waals surface area contributed by atoms with Gasteiger partial charge in [0.05, 0.1) is 32.4 Å². The Morgan fingerprint density at radius 2 is 1.73 bits per heavy atom. The number of nitrogens with zero attached hydrogens (tertiary/aromatic N) is 3. The molecule has 3 aromatic rings. The molecule has 33 heavy (non-hydrogen) atoms. The van der Waals surface area contributed by atoms with E-state index in [1.54, 1.807) is 32.4 Å². The summed E-state index contributed by atoms with van der Waals surface area (Å²) in [6, 6.07) is 13.3. The molecule has 1 fully saturated rings. The number of amides is 2. The summed E-state index contributed by atoms with van der Waals surface area (Å²) in [7, 11) is 4.77. The number of hydrogen-bond acceptors (Lipinski definition) is 7. The zero-order valence-corrected chi connectivity index (χ0v) is 19.1. The highest BCUT2D eigenvalue weighted by molar-refractivity contribution is 5.91. The van der Waals surface area contributed by atoms with E-state index in [-0.39, 0.29) is 23.8 Å². The van der Waals surface area contributed by atoms with E-state index >= 15 is 0 Å². The second kappa shape index (κ2) is 10.4. The number of anilines is 1. The number of hydrogen-bond donors (Lipinski definition) is 2. The fourth-order valence-corrected chi connectivity index (χ4v) is 3.96. The van der Waals surface area contributed by atoms with E-state index in [0.29, 0.717) is 16.8 Å². The van der Waals surface area contributed by atoms with Crippen molar-refractivity contribution in [3.05, 3.63) is 48.0 Å². The van der Waals surface area contributed by atoms with Gasteiger partial charge in [0.2, 0.25) is 0 Å². The Morgan fingerprint density at radius 3 is 2.45 bits per heavy atom. The SMILES string of the molecule is COc1cccc(CN2CCC(NC(=O)Nc3nc4cc(OC)ccc4nc3OC)CC2)c1. The lowest BCUT2D eigenvalue weighted by atomic mass is 10.0. The summed E-state index contributed by atoms with van der Waals surface area (Å²) in [5, 5.41) is 5.83. The highest BCUT2D eigenvalue weighted by Gasteiger charge is 2.22. The van der Waals surface area contributed by atoms with Crippen molar-refractivity contribution in [1.82, 2.24) is 20.2 Å². The van der Waals surface area contributed by atoms with Gasteiger partial charge < -0.3 is 19.5 Å². The number of nitrogens with one attached hydrogen (secondary N) is 2. The Bertz CT molecular complexity index is 1120. The zero-order chi connectivity index (χ0) is 23.2. The normalized spacial score (nSPS) is 14.6. The first-order valence-electron chi connectivity index (χ1n) is 10.9. The summed E-state index contributed by atoms with van der Waals surface area (Å²) in [5.41, 5.74) is 2.48. The second-order valence-corrected chi connectivity index (χ2v) is 7.94. The number of carbonyl (C=O) groups is 1. The molecule has 174 valence electrons. The first-order valence-corrected chi connectivity index (χ1v) is 10.9. The van der Waals surface area contributed by atoms with Crippen LogP contribution in [0.3, 0.4) is 0 Å². The van der Waals surface area contributed by atoms with Crippen molar-refractivity contribution in [2.45, 2.75) is 25.4 Å². The number of rotatable bonds is 7. The first-order chi connectivity index (χ1) is 16.1. The minimum Gasteiger partial charge on any atom is -0.497 e. The number of piperidine rings is 1. The Balaban J connectivity index is 1.33. The average molecular weight is 452 g/mol.